The Bertz CT molecular complexity index is 982. The number of anilines is 1. The lowest BCUT2D eigenvalue weighted by Crippen LogP contribution is -2.32. The second-order valence-electron chi connectivity index (χ2n) is 6.77. The lowest BCUT2D eigenvalue weighted by atomic mass is 10.1. The van der Waals surface area contributed by atoms with Crippen molar-refractivity contribution < 1.29 is 9.21 Å². The first-order chi connectivity index (χ1) is 13.5. The third-order valence-corrected chi connectivity index (χ3v) is 6.51. The molecule has 3 aromatic rings. The molecule has 0 bridgehead atoms. The number of nitrogens with zero attached hydrogens (tertiary/aromatic N) is 5. The van der Waals surface area contributed by atoms with Crippen molar-refractivity contribution in [2.45, 2.75) is 55.7 Å². The second kappa shape index (κ2) is 8.00. The van der Waals surface area contributed by atoms with Gasteiger partial charge in [-0.1, -0.05) is 47.7 Å². The van der Waals surface area contributed by atoms with E-state index >= 15 is 0 Å². The number of aryl methyl sites for hydroxylation is 1. The monoisotopic (exact) mass is 415 g/mol. The molecule has 1 fully saturated rings. The minimum atomic E-state index is -0.0666. The third-order valence-electron chi connectivity index (χ3n) is 4.42. The maximum Gasteiger partial charge on any atom is 0.247 e. The maximum absolute atomic E-state index is 12.2. The summed E-state index contributed by atoms with van der Waals surface area (Å²) < 4.78 is 6.65. The predicted molar refractivity (Wildman–Crippen MR) is 109 cm³/mol. The van der Waals surface area contributed by atoms with Gasteiger partial charge in [0.15, 0.2) is 4.34 Å². The second-order valence-corrected chi connectivity index (χ2v) is 9.32. The largest absolute Gasteiger partial charge is 0.419 e. The van der Waals surface area contributed by atoms with E-state index in [0.29, 0.717) is 23.3 Å². The van der Waals surface area contributed by atoms with Gasteiger partial charge in [-0.3, -0.25) is 9.69 Å². The molecule has 28 heavy (non-hydrogen) atoms. The summed E-state index contributed by atoms with van der Waals surface area (Å²) in [6.45, 7) is 5.90. The molecule has 1 aliphatic carbocycles. The zero-order valence-corrected chi connectivity index (χ0v) is 17.6. The van der Waals surface area contributed by atoms with Crippen LogP contribution in [0.2, 0.25) is 0 Å². The van der Waals surface area contributed by atoms with Gasteiger partial charge in [-0.2, -0.15) is 0 Å². The highest BCUT2D eigenvalue weighted by Gasteiger charge is 2.35. The molecule has 1 aromatic carbocycles. The molecular weight excluding hydrogens is 394 g/mol. The van der Waals surface area contributed by atoms with Gasteiger partial charge in [0.05, 0.1) is 5.25 Å². The van der Waals surface area contributed by atoms with Crippen LogP contribution >= 0.6 is 23.1 Å². The normalized spacial score (nSPS) is 14.8. The summed E-state index contributed by atoms with van der Waals surface area (Å²) in [7, 11) is 0. The van der Waals surface area contributed by atoms with E-state index in [2.05, 4.69) is 20.4 Å². The van der Waals surface area contributed by atoms with Crippen molar-refractivity contribution in [1.29, 1.82) is 0 Å². The fraction of sp³-hybridized carbons (Fsp3) is 0.421. The van der Waals surface area contributed by atoms with E-state index in [1.165, 1.54) is 23.1 Å². The Hall–Kier alpha value is -2.26. The van der Waals surface area contributed by atoms with Crippen LogP contribution in [0.25, 0.3) is 11.5 Å². The van der Waals surface area contributed by atoms with Gasteiger partial charge in [-0.25, -0.2) is 0 Å². The van der Waals surface area contributed by atoms with E-state index in [-0.39, 0.29) is 17.2 Å². The van der Waals surface area contributed by atoms with Crippen LogP contribution < -0.4 is 4.90 Å². The molecule has 2 aromatic heterocycles. The summed E-state index contributed by atoms with van der Waals surface area (Å²) in [6, 6.07) is 8.25. The Morgan fingerprint density at radius 3 is 2.86 bits per heavy atom. The van der Waals surface area contributed by atoms with E-state index < -0.39 is 0 Å². The van der Waals surface area contributed by atoms with Gasteiger partial charge in [0.1, 0.15) is 0 Å². The molecule has 146 valence electrons. The number of thioether (sulfide) groups is 1. The summed E-state index contributed by atoms with van der Waals surface area (Å²) in [6.07, 6.45) is 2.54. The number of hydrogen-bond acceptors (Lipinski definition) is 8. The van der Waals surface area contributed by atoms with Gasteiger partial charge < -0.3 is 4.42 Å². The number of carbonyl (C=O) groups excluding carboxylic acids is 1. The first-order valence-electron chi connectivity index (χ1n) is 9.27. The summed E-state index contributed by atoms with van der Waals surface area (Å²) in [5, 5.41) is 17.5. The van der Waals surface area contributed by atoms with Crippen LogP contribution in [0, 0.1) is 6.92 Å². The third kappa shape index (κ3) is 4.10. The summed E-state index contributed by atoms with van der Waals surface area (Å²) in [5.74, 6) is 1.16. The molecule has 0 unspecified atom stereocenters. The minimum absolute atomic E-state index is 0.0666. The number of aromatic nitrogens is 4. The highest BCUT2D eigenvalue weighted by Crippen LogP contribution is 2.40. The van der Waals surface area contributed by atoms with Crippen molar-refractivity contribution in [3.8, 4) is 11.5 Å². The smallest absolute Gasteiger partial charge is 0.247 e. The Morgan fingerprint density at radius 2 is 2.14 bits per heavy atom. The van der Waals surface area contributed by atoms with Crippen molar-refractivity contribution in [3.63, 3.8) is 0 Å². The SMILES string of the molecule is CCC(=O)N(c1nnc(S[C@H](C)c2nnc(-c3cccc(C)c3)o2)s1)C1CC1. The fourth-order valence-corrected chi connectivity index (χ4v) is 4.92. The molecular formula is C19H21N5O2S2. The lowest BCUT2D eigenvalue weighted by molar-refractivity contribution is -0.118. The molecule has 1 atom stereocenters. The first-order valence-corrected chi connectivity index (χ1v) is 11.0. The molecule has 4 rings (SSSR count). The lowest BCUT2D eigenvalue weighted by Gasteiger charge is -2.17. The van der Waals surface area contributed by atoms with Crippen LogP contribution in [0.3, 0.4) is 0 Å². The molecule has 1 amide bonds. The van der Waals surface area contributed by atoms with E-state index in [0.717, 1.165) is 28.3 Å². The van der Waals surface area contributed by atoms with Crippen LogP contribution in [-0.4, -0.2) is 32.3 Å². The van der Waals surface area contributed by atoms with Crippen LogP contribution in [0.4, 0.5) is 5.13 Å². The molecule has 7 nitrogen and oxygen atoms in total. The predicted octanol–water partition coefficient (Wildman–Crippen LogP) is 4.66. The molecule has 0 spiro atoms. The molecule has 9 heteroatoms. The Labute approximate surface area is 171 Å². The van der Waals surface area contributed by atoms with Crippen molar-refractivity contribution in [2.24, 2.45) is 0 Å². The first kappa shape index (κ1) is 19.1. The molecule has 1 saturated carbocycles. The average Bonchev–Trinajstić information content (AvgIpc) is 3.20. The Balaban J connectivity index is 1.46. The Morgan fingerprint density at radius 1 is 1.32 bits per heavy atom. The molecule has 0 aliphatic heterocycles. The number of benzene rings is 1. The molecule has 0 N–H and O–H groups in total. The van der Waals surface area contributed by atoms with Gasteiger partial charge >= 0.3 is 0 Å². The van der Waals surface area contributed by atoms with Crippen LogP contribution in [0.5, 0.6) is 0 Å². The van der Waals surface area contributed by atoms with Crippen LogP contribution in [0.1, 0.15) is 49.8 Å². The average molecular weight is 416 g/mol. The van der Waals surface area contributed by atoms with Crippen molar-refractivity contribution >= 4 is 34.1 Å². The van der Waals surface area contributed by atoms with Gasteiger partial charge in [0.25, 0.3) is 0 Å². The fourth-order valence-electron chi connectivity index (χ4n) is 2.81. The molecule has 0 radical (unpaired) electrons. The van der Waals surface area contributed by atoms with Crippen molar-refractivity contribution in [1.82, 2.24) is 20.4 Å². The summed E-state index contributed by atoms with van der Waals surface area (Å²) in [4.78, 5) is 14.0. The van der Waals surface area contributed by atoms with Gasteiger partial charge in [-0.05, 0) is 38.8 Å². The van der Waals surface area contributed by atoms with Crippen LogP contribution in [0.15, 0.2) is 33.0 Å². The van der Waals surface area contributed by atoms with Gasteiger partial charge in [0.2, 0.25) is 22.8 Å². The number of amides is 1. The van der Waals surface area contributed by atoms with E-state index in [1.807, 2.05) is 45.0 Å². The molecule has 1 aliphatic rings. The Kier molecular flexibility index (Phi) is 5.45. The maximum atomic E-state index is 12.2. The molecule has 2 heterocycles. The number of hydrogen-bond donors (Lipinski definition) is 0. The number of rotatable bonds is 7. The zero-order valence-electron chi connectivity index (χ0n) is 16.0. The van der Waals surface area contributed by atoms with Crippen LogP contribution in [-0.2, 0) is 4.79 Å². The van der Waals surface area contributed by atoms with Gasteiger partial charge in [-0.15, -0.1) is 20.4 Å². The minimum Gasteiger partial charge on any atom is -0.419 e. The van der Waals surface area contributed by atoms with E-state index in [1.54, 1.807) is 4.90 Å². The summed E-state index contributed by atoms with van der Waals surface area (Å²) >= 11 is 2.95. The standard InChI is InChI=1S/C19H21N5O2S2/c1-4-15(25)24(14-8-9-14)18-22-23-19(28-18)27-12(3)16-20-21-17(26-16)13-7-5-6-11(2)10-13/h5-7,10,12,14H,4,8-9H2,1-3H3/t12-/m1/s1. The zero-order chi connectivity index (χ0) is 19.7. The van der Waals surface area contributed by atoms with E-state index in [4.69, 9.17) is 4.42 Å². The topological polar surface area (TPSA) is 85.0 Å². The van der Waals surface area contributed by atoms with Crippen molar-refractivity contribution in [3.05, 3.63) is 35.7 Å². The number of carbonyl (C=O) groups is 1. The van der Waals surface area contributed by atoms with Gasteiger partial charge in [0, 0.05) is 18.0 Å². The van der Waals surface area contributed by atoms with Crippen molar-refractivity contribution in [2.75, 3.05) is 4.90 Å². The molecule has 0 saturated heterocycles. The summed E-state index contributed by atoms with van der Waals surface area (Å²) in [5.41, 5.74) is 2.05. The highest BCUT2D eigenvalue weighted by atomic mass is 32.2. The van der Waals surface area contributed by atoms with E-state index in [9.17, 15) is 4.79 Å². The highest BCUT2D eigenvalue weighted by molar-refractivity contribution is 8.01. The quantitative estimate of drug-likeness (QED) is 0.410.